The van der Waals surface area contributed by atoms with E-state index >= 15 is 0 Å². The lowest BCUT2D eigenvalue weighted by molar-refractivity contribution is -0.385. The lowest BCUT2D eigenvalue weighted by atomic mass is 10.1. The van der Waals surface area contributed by atoms with Gasteiger partial charge in [0.25, 0.3) is 0 Å². The number of nitrogens with two attached hydrogens (primary N) is 1. The number of ether oxygens (including phenoxy) is 1. The van der Waals surface area contributed by atoms with Crippen LogP contribution in [0.2, 0.25) is 0 Å². The lowest BCUT2D eigenvalue weighted by Gasteiger charge is -2.12. The van der Waals surface area contributed by atoms with Crippen LogP contribution in [0.1, 0.15) is 24.1 Å². The zero-order chi connectivity index (χ0) is 15.6. The van der Waals surface area contributed by atoms with Gasteiger partial charge in [0, 0.05) is 12.1 Å². The molecule has 1 atom stereocenters. The second-order valence-electron chi connectivity index (χ2n) is 4.76. The van der Waals surface area contributed by atoms with Crippen LogP contribution in [0.3, 0.4) is 0 Å². The monoisotopic (exact) mass is 350 g/mol. The fourth-order valence-corrected chi connectivity index (χ4v) is 2.38. The number of rotatable bonds is 4. The van der Waals surface area contributed by atoms with Crippen molar-refractivity contribution in [2.45, 2.75) is 19.9 Å². The number of nitro groups is 1. The molecule has 0 aliphatic carbocycles. The normalized spacial score (nSPS) is 12.0. The highest BCUT2D eigenvalue weighted by molar-refractivity contribution is 9.10. The van der Waals surface area contributed by atoms with E-state index in [2.05, 4.69) is 15.9 Å². The van der Waals surface area contributed by atoms with Crippen LogP contribution in [0.5, 0.6) is 11.5 Å². The molecule has 0 amide bonds. The second kappa shape index (κ2) is 6.24. The topological polar surface area (TPSA) is 78.4 Å². The van der Waals surface area contributed by atoms with Gasteiger partial charge in [-0.15, -0.1) is 0 Å². The number of halogens is 1. The summed E-state index contributed by atoms with van der Waals surface area (Å²) in [6.07, 6.45) is 0. The maximum atomic E-state index is 11.1. The van der Waals surface area contributed by atoms with Crippen LogP contribution in [0.15, 0.2) is 40.9 Å². The molecule has 0 aliphatic heterocycles. The van der Waals surface area contributed by atoms with Crippen molar-refractivity contribution in [3.05, 3.63) is 62.1 Å². The number of hydrogen-bond acceptors (Lipinski definition) is 4. The first-order chi connectivity index (χ1) is 9.90. The van der Waals surface area contributed by atoms with Gasteiger partial charge in [-0.05, 0) is 53.0 Å². The summed E-state index contributed by atoms with van der Waals surface area (Å²) in [5.41, 5.74) is 7.42. The van der Waals surface area contributed by atoms with Crippen LogP contribution < -0.4 is 10.5 Å². The van der Waals surface area contributed by atoms with Gasteiger partial charge in [-0.3, -0.25) is 10.1 Å². The van der Waals surface area contributed by atoms with Crippen molar-refractivity contribution >= 4 is 21.6 Å². The van der Waals surface area contributed by atoms with Crippen LogP contribution in [-0.2, 0) is 0 Å². The summed E-state index contributed by atoms with van der Waals surface area (Å²) in [4.78, 5) is 10.6. The predicted molar refractivity (Wildman–Crippen MR) is 84.7 cm³/mol. The van der Waals surface area contributed by atoms with Crippen molar-refractivity contribution in [2.75, 3.05) is 0 Å². The first-order valence-corrected chi connectivity index (χ1v) is 7.16. The molecule has 2 aromatic carbocycles. The molecule has 5 nitrogen and oxygen atoms in total. The number of nitro benzene ring substituents is 1. The summed E-state index contributed by atoms with van der Waals surface area (Å²) < 4.78 is 6.44. The molecule has 6 heteroatoms. The Balaban J connectivity index is 2.41. The first-order valence-electron chi connectivity index (χ1n) is 6.37. The molecule has 0 saturated carbocycles. The number of benzene rings is 2. The van der Waals surface area contributed by atoms with E-state index in [1.54, 1.807) is 25.1 Å². The molecule has 0 aromatic heterocycles. The summed E-state index contributed by atoms with van der Waals surface area (Å²) in [7, 11) is 0. The van der Waals surface area contributed by atoms with Gasteiger partial charge in [0.1, 0.15) is 5.75 Å². The number of para-hydroxylation sites is 1. The molecular weight excluding hydrogens is 336 g/mol. The average molecular weight is 351 g/mol. The Morgan fingerprint density at radius 1 is 1.33 bits per heavy atom. The zero-order valence-corrected chi connectivity index (χ0v) is 13.3. The van der Waals surface area contributed by atoms with E-state index in [1.165, 1.54) is 6.07 Å². The van der Waals surface area contributed by atoms with Gasteiger partial charge in [0.2, 0.25) is 5.75 Å². The average Bonchev–Trinajstić information content (AvgIpc) is 2.42. The Morgan fingerprint density at radius 2 is 2.05 bits per heavy atom. The maximum Gasteiger partial charge on any atom is 0.311 e. The van der Waals surface area contributed by atoms with E-state index in [0.717, 1.165) is 5.56 Å². The van der Waals surface area contributed by atoms with Crippen molar-refractivity contribution in [1.82, 2.24) is 0 Å². The largest absolute Gasteiger partial charge is 0.449 e. The predicted octanol–water partition coefficient (Wildman–Crippen LogP) is 4.48. The molecule has 2 aromatic rings. The van der Waals surface area contributed by atoms with E-state index in [9.17, 15) is 10.1 Å². The fourth-order valence-electron chi connectivity index (χ4n) is 1.91. The molecule has 2 N–H and O–H groups in total. The quantitative estimate of drug-likeness (QED) is 0.651. The van der Waals surface area contributed by atoms with Crippen LogP contribution in [-0.4, -0.2) is 4.92 Å². The van der Waals surface area contributed by atoms with Gasteiger partial charge < -0.3 is 10.5 Å². The molecule has 0 bridgehead atoms. The Hall–Kier alpha value is -1.92. The third-order valence-corrected chi connectivity index (χ3v) is 3.70. The van der Waals surface area contributed by atoms with Gasteiger partial charge in [0.15, 0.2) is 0 Å². The van der Waals surface area contributed by atoms with E-state index in [-0.39, 0.29) is 17.5 Å². The van der Waals surface area contributed by atoms with Crippen LogP contribution in [0.4, 0.5) is 5.69 Å². The molecule has 0 aliphatic rings. The Kier molecular flexibility index (Phi) is 4.59. The SMILES string of the molecule is Cc1cccc([N+](=O)[O-])c1Oc1ccc([C@H](C)N)cc1Br. The highest BCUT2D eigenvalue weighted by Crippen LogP contribution is 2.37. The van der Waals surface area contributed by atoms with Crippen LogP contribution >= 0.6 is 15.9 Å². The third-order valence-electron chi connectivity index (χ3n) is 3.08. The molecule has 21 heavy (non-hydrogen) atoms. The molecule has 110 valence electrons. The molecule has 0 unspecified atom stereocenters. The lowest BCUT2D eigenvalue weighted by Crippen LogP contribution is -2.04. The maximum absolute atomic E-state index is 11.1. The van der Waals surface area contributed by atoms with Crippen molar-refractivity contribution in [1.29, 1.82) is 0 Å². The Morgan fingerprint density at radius 3 is 2.62 bits per heavy atom. The minimum Gasteiger partial charge on any atom is -0.449 e. The molecule has 0 saturated heterocycles. The van der Waals surface area contributed by atoms with Crippen molar-refractivity contribution < 1.29 is 9.66 Å². The Labute approximate surface area is 131 Å². The Bertz CT molecular complexity index is 687. The number of aryl methyl sites for hydroxylation is 1. The van der Waals surface area contributed by atoms with Crippen molar-refractivity contribution in [2.24, 2.45) is 5.73 Å². The van der Waals surface area contributed by atoms with Crippen LogP contribution in [0, 0.1) is 17.0 Å². The zero-order valence-electron chi connectivity index (χ0n) is 11.7. The number of hydrogen-bond donors (Lipinski definition) is 1. The molecular formula is C15H15BrN2O3. The highest BCUT2D eigenvalue weighted by Gasteiger charge is 2.19. The van der Waals surface area contributed by atoms with E-state index < -0.39 is 4.92 Å². The summed E-state index contributed by atoms with van der Waals surface area (Å²) in [5.74, 6) is 0.758. The summed E-state index contributed by atoms with van der Waals surface area (Å²) in [6.45, 7) is 3.65. The summed E-state index contributed by atoms with van der Waals surface area (Å²) in [6, 6.07) is 10.2. The fraction of sp³-hybridized carbons (Fsp3) is 0.200. The molecule has 0 spiro atoms. The van der Waals surface area contributed by atoms with Gasteiger partial charge in [-0.25, -0.2) is 0 Å². The van der Waals surface area contributed by atoms with E-state index in [4.69, 9.17) is 10.5 Å². The smallest absolute Gasteiger partial charge is 0.311 e. The van der Waals surface area contributed by atoms with Gasteiger partial charge in [-0.2, -0.15) is 0 Å². The summed E-state index contributed by atoms with van der Waals surface area (Å²) in [5, 5.41) is 11.1. The number of nitrogens with zero attached hydrogens (tertiary/aromatic N) is 1. The highest BCUT2D eigenvalue weighted by atomic mass is 79.9. The van der Waals surface area contributed by atoms with E-state index in [0.29, 0.717) is 15.8 Å². The molecule has 2 rings (SSSR count). The third kappa shape index (κ3) is 3.40. The summed E-state index contributed by atoms with van der Waals surface area (Å²) >= 11 is 3.41. The minimum atomic E-state index is -0.452. The van der Waals surface area contributed by atoms with Gasteiger partial charge >= 0.3 is 5.69 Å². The van der Waals surface area contributed by atoms with Crippen LogP contribution in [0.25, 0.3) is 0 Å². The van der Waals surface area contributed by atoms with E-state index in [1.807, 2.05) is 19.1 Å². The van der Waals surface area contributed by atoms with Crippen molar-refractivity contribution in [3.63, 3.8) is 0 Å². The first kappa shape index (κ1) is 15.5. The minimum absolute atomic E-state index is 0.0573. The van der Waals surface area contributed by atoms with Gasteiger partial charge in [-0.1, -0.05) is 18.2 Å². The molecule has 0 fully saturated rings. The standard InChI is InChI=1S/C15H15BrN2O3/c1-9-4-3-5-13(18(19)20)15(9)21-14-7-6-11(10(2)17)8-12(14)16/h3-8,10H,17H2,1-2H3/t10-/m0/s1. The van der Waals surface area contributed by atoms with Crippen molar-refractivity contribution in [3.8, 4) is 11.5 Å². The second-order valence-corrected chi connectivity index (χ2v) is 5.62. The molecule has 0 heterocycles. The van der Waals surface area contributed by atoms with Gasteiger partial charge in [0.05, 0.1) is 9.40 Å². The molecule has 0 radical (unpaired) electrons.